The first kappa shape index (κ1) is 69.5. The lowest BCUT2D eigenvalue weighted by Crippen LogP contribution is -2.23. The normalized spacial score (nSPS) is 36.8. The molecular formula is C60H90Br3F7O9S. The van der Waals surface area contributed by atoms with E-state index in [1.165, 1.54) is 45.6 Å². The van der Waals surface area contributed by atoms with Gasteiger partial charge in [-0.3, -0.25) is 13.8 Å². The molecular weight excluding hydrogens is 1270 g/mol. The second kappa shape index (κ2) is 31.9. The van der Waals surface area contributed by atoms with Crippen LogP contribution in [0.2, 0.25) is 0 Å². The van der Waals surface area contributed by atoms with Crippen LogP contribution in [0.1, 0.15) is 185 Å². The first-order chi connectivity index (χ1) is 37.8. The van der Waals surface area contributed by atoms with Gasteiger partial charge in [-0.1, -0.05) is 84.9 Å². The van der Waals surface area contributed by atoms with Gasteiger partial charge in [0.2, 0.25) is 0 Å². The van der Waals surface area contributed by atoms with Crippen LogP contribution in [0, 0.1) is 46.8 Å². The van der Waals surface area contributed by atoms with E-state index in [0.717, 1.165) is 133 Å². The van der Waals surface area contributed by atoms with Gasteiger partial charge in [0.25, 0.3) is 10.1 Å². The lowest BCUT2D eigenvalue weighted by atomic mass is 10.1. The Labute approximate surface area is 497 Å². The number of alkyl halides is 10. The summed E-state index contributed by atoms with van der Waals surface area (Å²) < 4.78 is 127. The van der Waals surface area contributed by atoms with E-state index in [2.05, 4.69) is 63.8 Å². The highest BCUT2D eigenvalue weighted by atomic mass is 79.9. The molecule has 15 unspecified atom stereocenters. The molecule has 11 fully saturated rings. The minimum absolute atomic E-state index is 0.0289. The lowest BCUT2D eigenvalue weighted by Gasteiger charge is -2.12. The highest BCUT2D eigenvalue weighted by molar-refractivity contribution is 9.25. The van der Waals surface area contributed by atoms with Crippen molar-refractivity contribution < 1.29 is 72.6 Å². The van der Waals surface area contributed by atoms with Crippen LogP contribution >= 0.6 is 47.8 Å². The van der Waals surface area contributed by atoms with Gasteiger partial charge in [0, 0.05) is 39.5 Å². The second-order valence-electron chi connectivity index (χ2n) is 24.3. The number of aliphatic hydroxyl groups is 2. The summed E-state index contributed by atoms with van der Waals surface area (Å²) in [5.74, 6) is -1.75. The Balaban J connectivity index is 0.000000171. The van der Waals surface area contributed by atoms with E-state index in [-0.39, 0.29) is 61.3 Å². The minimum atomic E-state index is -3.75. The standard InChI is InChI=1S/C13H17FO3S.C7H9Br2F.C7H10BrF.C7H11FO2.C7H11F.C7H12O3.C6H11FO.C6H9F/c1-10-5-7-12(8-6-10)18(15,16)17-9-11-3-2-4-13(11)14;8-7(9)4-6(7)3-1-2-5(6)10;8-5-4-7(5)3-1-2-6(7)9;1-10-7(9)5-3-2-4-6(5)8;8-6-2-1-3-7(6)4-5-7;1-10-7(9)5-3-2-4-6(5)8;7-6-3-1-2-5(6)4-8;1-5-3-2-4-6(5)7/h5-8,11,13H,2-4,9H2,1H3;5H,1-4H2;5-6H,1-4H2;5-6H,2-4H2,1H3;6H,1-5H2;5-6,8H,2-4H2,1H3;5-6,8H,1-4H2;6H,1-4H2. The SMILES string of the molecule is C=C1CCCC1F.COC(=O)C1CCCC1F.COC(=O)C1CCCC1O.Cc1ccc(S(=O)(=O)OCC2CCCC2F)cc1.FC1CCCC12CC2.FC1CCCC12CC2(Br)Br.FC1CCCC12CC2Br.OCC1CCCC1F. The van der Waals surface area contributed by atoms with Crippen LogP contribution in [-0.4, -0.2) is 115 Å². The number of rotatable bonds is 7. The van der Waals surface area contributed by atoms with E-state index in [4.69, 9.17) is 9.29 Å². The first-order valence-corrected chi connectivity index (χ1v) is 33.3. The number of carbonyl (C=O) groups excluding carboxylic acids is 2. The van der Waals surface area contributed by atoms with E-state index in [9.17, 15) is 53.8 Å². The molecule has 3 spiro atoms. The highest BCUT2D eigenvalue weighted by Gasteiger charge is 2.70. The fraction of sp³-hybridized carbons (Fsp3) is 0.833. The molecule has 0 aromatic heterocycles. The zero-order chi connectivity index (χ0) is 59.1. The summed E-state index contributed by atoms with van der Waals surface area (Å²) in [4.78, 5) is 22.2. The summed E-state index contributed by atoms with van der Waals surface area (Å²) in [6.45, 7) is 5.41. The Morgan fingerprint density at radius 2 is 1.16 bits per heavy atom. The third-order valence-corrected chi connectivity index (χ3v) is 23.4. The van der Waals surface area contributed by atoms with Gasteiger partial charge in [0.15, 0.2) is 0 Å². The van der Waals surface area contributed by atoms with Crippen molar-refractivity contribution in [2.75, 3.05) is 27.4 Å². The number of hydrogen-bond donors (Lipinski definition) is 2. The zero-order valence-corrected chi connectivity index (χ0v) is 52.7. The molecule has 2 N–H and O–H groups in total. The Kier molecular flexibility index (Phi) is 27.7. The number of allylic oxidation sites excluding steroid dienone is 1. The van der Waals surface area contributed by atoms with Crippen LogP contribution in [0.4, 0.5) is 30.7 Å². The van der Waals surface area contributed by atoms with Crippen LogP contribution in [-0.2, 0) is 33.4 Å². The topological polar surface area (TPSA) is 136 Å². The zero-order valence-electron chi connectivity index (χ0n) is 47.2. The second-order valence-corrected chi connectivity index (χ2v) is 30.7. The van der Waals surface area contributed by atoms with Gasteiger partial charge in [0.1, 0.15) is 43.2 Å². The molecule has 12 rings (SSSR count). The number of carbonyl (C=O) groups is 2. The van der Waals surface area contributed by atoms with Crippen LogP contribution in [0.15, 0.2) is 41.3 Å². The first-order valence-electron chi connectivity index (χ1n) is 29.4. The van der Waals surface area contributed by atoms with Crippen LogP contribution in [0.3, 0.4) is 0 Å². The number of aryl methyl sites for hydroxylation is 1. The third-order valence-electron chi connectivity index (χ3n) is 18.7. The molecule has 1 aromatic rings. The fourth-order valence-electron chi connectivity index (χ4n) is 12.6. The molecule has 11 aliphatic rings. The van der Waals surface area contributed by atoms with Crippen molar-refractivity contribution in [3.63, 3.8) is 0 Å². The molecule has 9 nitrogen and oxygen atoms in total. The lowest BCUT2D eigenvalue weighted by molar-refractivity contribution is -0.148. The van der Waals surface area contributed by atoms with Gasteiger partial charge >= 0.3 is 11.9 Å². The molecule has 0 heterocycles. The predicted molar refractivity (Wildman–Crippen MR) is 309 cm³/mol. The monoisotopic (exact) mass is 1360 g/mol. The van der Waals surface area contributed by atoms with Crippen LogP contribution in [0.25, 0.3) is 0 Å². The molecule has 0 aliphatic heterocycles. The number of methoxy groups -OCH3 is 2. The molecule has 15 atom stereocenters. The average Bonchev–Trinajstić information content (AvgIpc) is 4.11. The summed E-state index contributed by atoms with van der Waals surface area (Å²) in [6, 6.07) is 6.44. The summed E-state index contributed by atoms with van der Waals surface area (Å²) >= 11 is 10.4. The summed E-state index contributed by atoms with van der Waals surface area (Å²) in [6.07, 6.45) is 19.7. The van der Waals surface area contributed by atoms with Crippen molar-refractivity contribution in [3.05, 3.63) is 42.0 Å². The maximum absolute atomic E-state index is 13.3. The molecule has 0 amide bonds. The largest absolute Gasteiger partial charge is 0.469 e. The van der Waals surface area contributed by atoms with E-state index in [1.54, 1.807) is 12.1 Å². The fourth-order valence-corrected chi connectivity index (χ4v) is 16.6. The molecule has 0 radical (unpaired) electrons. The van der Waals surface area contributed by atoms with Crippen molar-refractivity contribution in [3.8, 4) is 0 Å². The van der Waals surface area contributed by atoms with Crippen molar-refractivity contribution in [1.29, 1.82) is 0 Å². The highest BCUT2D eigenvalue weighted by Crippen LogP contribution is 2.74. The number of aliphatic hydroxyl groups excluding tert-OH is 2. The molecule has 20 heteroatoms. The third kappa shape index (κ3) is 19.3. The van der Waals surface area contributed by atoms with Crippen LogP contribution in [0.5, 0.6) is 0 Å². The van der Waals surface area contributed by atoms with Crippen molar-refractivity contribution in [2.24, 2.45) is 39.9 Å². The van der Waals surface area contributed by atoms with E-state index in [1.807, 2.05) is 6.92 Å². The predicted octanol–water partition coefficient (Wildman–Crippen LogP) is 16.0. The van der Waals surface area contributed by atoms with Gasteiger partial charge in [-0.05, 0) is 192 Å². The Bertz CT molecular complexity index is 2160. The molecule has 460 valence electrons. The average molecular weight is 1360 g/mol. The number of halogens is 10. The quantitative estimate of drug-likeness (QED) is 0.0899. The molecule has 1 aromatic carbocycles. The molecule has 11 saturated carbocycles. The van der Waals surface area contributed by atoms with Crippen LogP contribution < -0.4 is 0 Å². The molecule has 0 bridgehead atoms. The molecule has 0 saturated heterocycles. The maximum Gasteiger partial charge on any atom is 0.311 e. The number of esters is 2. The summed E-state index contributed by atoms with van der Waals surface area (Å²) in [5.41, 5.74) is 2.08. The Hall–Kier alpha value is -1.32. The van der Waals surface area contributed by atoms with E-state index < -0.39 is 71.3 Å². The number of ether oxygens (including phenoxy) is 2. The van der Waals surface area contributed by atoms with Gasteiger partial charge in [0.05, 0.1) is 46.9 Å². The van der Waals surface area contributed by atoms with Gasteiger partial charge in [-0.15, -0.1) is 0 Å². The maximum atomic E-state index is 13.3. The summed E-state index contributed by atoms with van der Waals surface area (Å²) in [5, 5.41) is 17.7. The minimum Gasteiger partial charge on any atom is -0.469 e. The van der Waals surface area contributed by atoms with Crippen molar-refractivity contribution >= 4 is 69.8 Å². The number of benzene rings is 1. The smallest absolute Gasteiger partial charge is 0.311 e. The van der Waals surface area contributed by atoms with Gasteiger partial charge in [-0.25, -0.2) is 30.7 Å². The van der Waals surface area contributed by atoms with E-state index >= 15 is 0 Å². The van der Waals surface area contributed by atoms with E-state index in [0.29, 0.717) is 43.4 Å². The molecule has 80 heavy (non-hydrogen) atoms. The Morgan fingerprint density at radius 3 is 1.49 bits per heavy atom. The van der Waals surface area contributed by atoms with Crippen molar-refractivity contribution in [2.45, 2.75) is 249 Å². The number of hydrogen-bond acceptors (Lipinski definition) is 9. The summed E-state index contributed by atoms with van der Waals surface area (Å²) in [7, 11) is -1.10. The van der Waals surface area contributed by atoms with Crippen molar-refractivity contribution in [1.82, 2.24) is 0 Å². The van der Waals surface area contributed by atoms with Gasteiger partial charge in [-0.2, -0.15) is 8.42 Å². The Morgan fingerprint density at radius 1 is 0.650 bits per heavy atom. The molecule has 11 aliphatic carbocycles. The van der Waals surface area contributed by atoms with Gasteiger partial charge < -0.3 is 19.7 Å².